The molecule has 0 heterocycles. The number of benzene rings is 1. The Morgan fingerprint density at radius 3 is 1.78 bits per heavy atom. The Morgan fingerprint density at radius 1 is 0.875 bits per heavy atom. The molecule has 0 saturated heterocycles. The molecule has 3 N–H and O–H groups in total. The van der Waals surface area contributed by atoms with E-state index in [9.17, 15) is 44.1 Å². The number of carbonyl (C=O) groups excluding carboxylic acids is 6. The second kappa shape index (κ2) is 10.4. The van der Waals surface area contributed by atoms with Gasteiger partial charge in [-0.1, -0.05) is 18.2 Å². The van der Waals surface area contributed by atoms with Crippen molar-refractivity contribution in [1.82, 2.24) is 0 Å². The Labute approximate surface area is 182 Å². The molecule has 1 aromatic rings. The first kappa shape index (κ1) is 26.8. The monoisotopic (exact) mass is 452 g/mol. The molecule has 1 rings (SSSR count). The van der Waals surface area contributed by atoms with Crippen LogP contribution in [0.3, 0.4) is 0 Å². The zero-order valence-electron chi connectivity index (χ0n) is 17.9. The fourth-order valence-corrected chi connectivity index (χ4v) is 3.27. The van der Waals surface area contributed by atoms with E-state index in [1.165, 1.54) is 30.3 Å². The van der Waals surface area contributed by atoms with E-state index < -0.39 is 65.1 Å². The molecule has 0 radical (unpaired) electrons. The summed E-state index contributed by atoms with van der Waals surface area (Å²) in [6.45, 7) is 1.56. The zero-order valence-corrected chi connectivity index (χ0v) is 17.9. The number of aliphatic hydroxyl groups is 3. The van der Waals surface area contributed by atoms with Gasteiger partial charge in [0.05, 0.1) is 12.2 Å². The van der Waals surface area contributed by atoms with Gasteiger partial charge >= 0.3 is 11.9 Å². The molecule has 0 aromatic heterocycles. The highest BCUT2D eigenvalue weighted by Gasteiger charge is 2.73. The van der Waals surface area contributed by atoms with E-state index >= 15 is 0 Å². The van der Waals surface area contributed by atoms with Crippen molar-refractivity contribution in [3.8, 4) is 0 Å². The molecule has 0 spiro atoms. The van der Waals surface area contributed by atoms with Crippen LogP contribution < -0.4 is 0 Å². The molecule has 0 unspecified atom stereocenters. The molecule has 0 aliphatic rings. The minimum absolute atomic E-state index is 0.209. The van der Waals surface area contributed by atoms with Gasteiger partial charge in [-0.3, -0.25) is 24.0 Å². The number of carbonyl (C=O) groups is 6. The molecule has 4 atom stereocenters. The SMILES string of the molecule is CC(=O)O[C@@](C(C)=O)(C(=O)C(C)=O)[C@](OC(=O)c1ccccc1)(C(C)=O)[C@H](O)[C@H](O)CO. The van der Waals surface area contributed by atoms with Gasteiger partial charge in [0.1, 0.15) is 12.2 Å². The Bertz CT molecular complexity index is 923. The number of hydrogen-bond donors (Lipinski definition) is 3. The van der Waals surface area contributed by atoms with Gasteiger partial charge in [-0.25, -0.2) is 4.79 Å². The highest BCUT2D eigenvalue weighted by Crippen LogP contribution is 2.39. The maximum absolute atomic E-state index is 13.0. The first-order valence-electron chi connectivity index (χ1n) is 9.31. The molecule has 0 fully saturated rings. The maximum Gasteiger partial charge on any atom is 0.339 e. The fourth-order valence-electron chi connectivity index (χ4n) is 3.27. The maximum atomic E-state index is 13.0. The zero-order chi connectivity index (χ0) is 24.9. The van der Waals surface area contributed by atoms with Crippen LogP contribution in [-0.4, -0.2) is 80.4 Å². The molecule has 0 aliphatic heterocycles. The average molecular weight is 452 g/mol. The van der Waals surface area contributed by atoms with Crippen LogP contribution >= 0.6 is 0 Å². The van der Waals surface area contributed by atoms with E-state index in [2.05, 4.69) is 0 Å². The topological polar surface area (TPSA) is 182 Å². The van der Waals surface area contributed by atoms with Crippen molar-refractivity contribution in [3.05, 3.63) is 35.9 Å². The number of Topliss-reactive ketones (excluding diaryl/α,β-unsaturated/α-hetero) is 4. The van der Waals surface area contributed by atoms with Gasteiger partial charge in [-0.05, 0) is 26.0 Å². The smallest absolute Gasteiger partial charge is 0.339 e. The average Bonchev–Trinajstić information content (AvgIpc) is 2.74. The second-order valence-electron chi connectivity index (χ2n) is 6.96. The summed E-state index contributed by atoms with van der Waals surface area (Å²) in [6.07, 6.45) is -4.94. The lowest BCUT2D eigenvalue weighted by Crippen LogP contribution is -2.77. The third-order valence-electron chi connectivity index (χ3n) is 4.71. The molecule has 0 saturated carbocycles. The third kappa shape index (κ3) is 4.64. The summed E-state index contributed by atoms with van der Waals surface area (Å²) >= 11 is 0. The Balaban J connectivity index is 4.09. The summed E-state index contributed by atoms with van der Waals surface area (Å²) < 4.78 is 10.1. The van der Waals surface area contributed by atoms with Crippen LogP contribution in [0, 0.1) is 0 Å². The predicted octanol–water partition coefficient (Wildman–Crippen LogP) is -1.07. The van der Waals surface area contributed by atoms with Crippen LogP contribution in [0.1, 0.15) is 38.1 Å². The second-order valence-corrected chi connectivity index (χ2v) is 6.96. The third-order valence-corrected chi connectivity index (χ3v) is 4.71. The molecule has 174 valence electrons. The van der Waals surface area contributed by atoms with Crippen molar-refractivity contribution >= 4 is 35.1 Å². The number of ether oxygens (including phenoxy) is 2. The lowest BCUT2D eigenvalue weighted by molar-refractivity contribution is -0.226. The summed E-state index contributed by atoms with van der Waals surface area (Å²) in [5.74, 6) is -8.75. The molecule has 0 aliphatic carbocycles. The van der Waals surface area contributed by atoms with Gasteiger partial charge in [0.25, 0.3) is 17.0 Å². The Kier molecular flexibility index (Phi) is 8.66. The van der Waals surface area contributed by atoms with E-state index in [0.29, 0.717) is 20.8 Å². The van der Waals surface area contributed by atoms with Gasteiger partial charge in [0.2, 0.25) is 0 Å². The molecule has 0 bridgehead atoms. The van der Waals surface area contributed by atoms with Crippen molar-refractivity contribution in [2.75, 3.05) is 6.61 Å². The molecular formula is C21H24O11. The first-order valence-corrected chi connectivity index (χ1v) is 9.31. The lowest BCUT2D eigenvalue weighted by Gasteiger charge is -2.46. The molecule has 11 nitrogen and oxygen atoms in total. The summed E-state index contributed by atoms with van der Waals surface area (Å²) in [5.41, 5.74) is -7.13. The molecule has 11 heteroatoms. The van der Waals surface area contributed by atoms with Crippen LogP contribution in [0.5, 0.6) is 0 Å². The quantitative estimate of drug-likeness (QED) is 0.211. The largest absolute Gasteiger partial charge is 0.439 e. The minimum atomic E-state index is -3.49. The van der Waals surface area contributed by atoms with Gasteiger partial charge in [0.15, 0.2) is 17.3 Å². The van der Waals surface area contributed by atoms with Crippen LogP contribution in [0.4, 0.5) is 0 Å². The number of ketones is 4. The minimum Gasteiger partial charge on any atom is -0.439 e. The van der Waals surface area contributed by atoms with Crippen molar-refractivity contribution < 1.29 is 53.6 Å². The van der Waals surface area contributed by atoms with Gasteiger partial charge in [-0.15, -0.1) is 0 Å². The van der Waals surface area contributed by atoms with Crippen LogP contribution in [0.25, 0.3) is 0 Å². The summed E-state index contributed by atoms with van der Waals surface area (Å²) in [6, 6.07) is 6.83. The molecule has 32 heavy (non-hydrogen) atoms. The fraction of sp³-hybridized carbons (Fsp3) is 0.429. The summed E-state index contributed by atoms with van der Waals surface area (Å²) in [5, 5.41) is 30.2. The van der Waals surface area contributed by atoms with Crippen molar-refractivity contribution in [2.24, 2.45) is 0 Å². The van der Waals surface area contributed by atoms with Gasteiger partial charge in [-0.2, -0.15) is 0 Å². The van der Waals surface area contributed by atoms with Crippen LogP contribution in [0.15, 0.2) is 30.3 Å². The number of aliphatic hydroxyl groups excluding tert-OH is 3. The first-order chi connectivity index (χ1) is 14.8. The lowest BCUT2D eigenvalue weighted by atomic mass is 9.68. The van der Waals surface area contributed by atoms with E-state index in [1.54, 1.807) is 0 Å². The standard InChI is InChI=1S/C21H24O11/c1-11(23)17(28)20(12(2)24,31-14(4)26)21(13(3)25,18(29)16(27)10-22)32-19(30)15-8-6-5-7-9-15/h5-9,16,18,22,27,29H,10H2,1-4H3/t16-,18-,20+,21+/m1/s1. The van der Waals surface area contributed by atoms with E-state index in [4.69, 9.17) is 9.47 Å². The highest BCUT2D eigenvalue weighted by molar-refractivity contribution is 6.45. The number of esters is 2. The highest BCUT2D eigenvalue weighted by atomic mass is 16.6. The van der Waals surface area contributed by atoms with Crippen LogP contribution in [0.2, 0.25) is 0 Å². The van der Waals surface area contributed by atoms with E-state index in [-0.39, 0.29) is 5.56 Å². The summed E-state index contributed by atoms with van der Waals surface area (Å²) in [7, 11) is 0. The van der Waals surface area contributed by atoms with Crippen molar-refractivity contribution in [1.29, 1.82) is 0 Å². The Morgan fingerprint density at radius 2 is 1.41 bits per heavy atom. The predicted molar refractivity (Wildman–Crippen MR) is 105 cm³/mol. The summed E-state index contributed by atoms with van der Waals surface area (Å²) in [4.78, 5) is 75.4. The van der Waals surface area contributed by atoms with E-state index in [1.807, 2.05) is 0 Å². The molecule has 0 amide bonds. The Hall–Kier alpha value is -3.28. The van der Waals surface area contributed by atoms with E-state index in [0.717, 1.165) is 6.92 Å². The van der Waals surface area contributed by atoms with Gasteiger partial charge < -0.3 is 24.8 Å². The van der Waals surface area contributed by atoms with Gasteiger partial charge in [0, 0.05) is 13.8 Å². The molecule has 1 aromatic carbocycles. The van der Waals surface area contributed by atoms with Crippen molar-refractivity contribution in [2.45, 2.75) is 51.1 Å². The van der Waals surface area contributed by atoms with Crippen molar-refractivity contribution in [3.63, 3.8) is 0 Å². The molecular weight excluding hydrogens is 428 g/mol. The number of hydrogen-bond acceptors (Lipinski definition) is 11. The number of rotatable bonds is 11. The normalized spacial score (nSPS) is 16.5. The van der Waals surface area contributed by atoms with Crippen LogP contribution in [-0.2, 0) is 33.4 Å².